The van der Waals surface area contributed by atoms with Crippen LogP contribution in [-0.2, 0) is 36.1 Å². The second-order valence-corrected chi connectivity index (χ2v) is 9.98. The zero-order valence-corrected chi connectivity index (χ0v) is 17.5. The quantitative estimate of drug-likeness (QED) is 0.679. The van der Waals surface area contributed by atoms with Crippen molar-refractivity contribution in [2.75, 3.05) is 5.75 Å². The number of nitrogens with zero attached hydrogens (tertiary/aromatic N) is 2. The summed E-state index contributed by atoms with van der Waals surface area (Å²) in [6.07, 6.45) is 5.00. The molecule has 0 bridgehead atoms. The molecule has 2 unspecified atom stereocenters. The third-order valence-corrected chi connectivity index (χ3v) is 7.44. The van der Waals surface area contributed by atoms with Gasteiger partial charge in [0, 0.05) is 25.2 Å². The fourth-order valence-electron chi connectivity index (χ4n) is 4.17. The number of nitrogens with two attached hydrogens (primary N) is 1. The van der Waals surface area contributed by atoms with E-state index in [1.807, 2.05) is 6.07 Å². The Labute approximate surface area is 172 Å². The average molecular weight is 410 g/mol. The molecule has 29 heavy (non-hydrogen) atoms. The van der Waals surface area contributed by atoms with Gasteiger partial charge in [-0.15, -0.1) is 0 Å². The second-order valence-electron chi connectivity index (χ2n) is 7.93. The summed E-state index contributed by atoms with van der Waals surface area (Å²) in [6.45, 7) is 0. The van der Waals surface area contributed by atoms with Crippen molar-refractivity contribution >= 4 is 9.84 Å². The summed E-state index contributed by atoms with van der Waals surface area (Å²) in [4.78, 5) is 0. The van der Waals surface area contributed by atoms with E-state index in [2.05, 4.69) is 47.6 Å². The summed E-state index contributed by atoms with van der Waals surface area (Å²) in [5, 5.41) is 4.19. The monoisotopic (exact) mass is 409 g/mol. The van der Waals surface area contributed by atoms with Gasteiger partial charge in [-0.1, -0.05) is 48.5 Å². The van der Waals surface area contributed by atoms with Gasteiger partial charge in [0.25, 0.3) is 0 Å². The van der Waals surface area contributed by atoms with Crippen LogP contribution in [0.15, 0.2) is 65.8 Å². The molecule has 6 heteroatoms. The predicted molar refractivity (Wildman–Crippen MR) is 115 cm³/mol. The molecule has 2 aromatic carbocycles. The topological polar surface area (TPSA) is 78.0 Å². The molecule has 0 aliphatic heterocycles. The maximum absolute atomic E-state index is 12.6. The molecule has 2 N–H and O–H groups in total. The summed E-state index contributed by atoms with van der Waals surface area (Å²) < 4.78 is 26.7. The third kappa shape index (κ3) is 4.43. The Kier molecular flexibility index (Phi) is 5.56. The number of fused-ring (bicyclic) bond motifs is 1. The van der Waals surface area contributed by atoms with Crippen LogP contribution >= 0.6 is 0 Å². The molecule has 152 valence electrons. The normalized spacial score (nSPS) is 19.1. The Balaban J connectivity index is 1.55. The second kappa shape index (κ2) is 8.13. The minimum absolute atomic E-state index is 0.0538. The molecule has 3 aromatic rings. The summed E-state index contributed by atoms with van der Waals surface area (Å²) in [5.74, 6) is 0.312. The molecular formula is C23H27N3O2S. The maximum Gasteiger partial charge on any atom is 0.197 e. The van der Waals surface area contributed by atoms with Gasteiger partial charge in [0.2, 0.25) is 0 Å². The lowest BCUT2D eigenvalue weighted by atomic mass is 9.76. The van der Waals surface area contributed by atoms with Gasteiger partial charge in [-0.3, -0.25) is 4.68 Å². The van der Waals surface area contributed by atoms with E-state index in [1.54, 1.807) is 19.3 Å². The fourth-order valence-corrected chi connectivity index (χ4v) is 5.41. The molecule has 1 heterocycles. The number of aryl methyl sites for hydroxylation is 3. The van der Waals surface area contributed by atoms with Crippen LogP contribution in [-0.4, -0.2) is 30.0 Å². The lowest BCUT2D eigenvalue weighted by Crippen LogP contribution is -2.34. The lowest BCUT2D eigenvalue weighted by molar-refractivity contribution is 0.467. The van der Waals surface area contributed by atoms with Crippen molar-refractivity contribution in [2.24, 2.45) is 12.8 Å². The van der Waals surface area contributed by atoms with Crippen molar-refractivity contribution in [3.05, 3.63) is 83.0 Å². The van der Waals surface area contributed by atoms with E-state index in [0.29, 0.717) is 6.42 Å². The van der Waals surface area contributed by atoms with Crippen LogP contribution < -0.4 is 5.73 Å². The first-order valence-corrected chi connectivity index (χ1v) is 11.7. The zero-order chi connectivity index (χ0) is 20.4. The number of benzene rings is 2. The highest BCUT2D eigenvalue weighted by atomic mass is 32.2. The molecule has 0 radical (unpaired) electrons. The molecule has 1 aromatic heterocycles. The summed E-state index contributed by atoms with van der Waals surface area (Å²) in [5.41, 5.74) is 11.4. The number of aromatic nitrogens is 2. The molecule has 0 spiro atoms. The molecule has 0 amide bonds. The average Bonchev–Trinajstić information content (AvgIpc) is 3.17. The van der Waals surface area contributed by atoms with Crippen molar-refractivity contribution < 1.29 is 8.42 Å². The molecule has 0 saturated heterocycles. The van der Waals surface area contributed by atoms with Crippen molar-refractivity contribution in [2.45, 2.75) is 42.7 Å². The largest absolute Gasteiger partial charge is 0.327 e. The van der Waals surface area contributed by atoms with Crippen LogP contribution in [0, 0.1) is 0 Å². The highest BCUT2D eigenvalue weighted by molar-refractivity contribution is 7.91. The molecule has 0 saturated carbocycles. The van der Waals surface area contributed by atoms with Gasteiger partial charge >= 0.3 is 0 Å². The van der Waals surface area contributed by atoms with E-state index in [0.717, 1.165) is 24.8 Å². The standard InChI is InChI=1S/C23H27N3O2S/c1-26-13-11-23(25-26)29(27,28)14-12-18-7-8-19-9-10-22(24)21(20(19)15-18)16-17-5-3-2-4-6-17/h2-8,11,13,15,21-22H,9-10,12,14,16,24H2,1H3. The number of sulfone groups is 1. The molecule has 5 nitrogen and oxygen atoms in total. The molecule has 0 fully saturated rings. The lowest BCUT2D eigenvalue weighted by Gasteiger charge is -2.32. The van der Waals surface area contributed by atoms with Crippen LogP contribution in [0.1, 0.15) is 34.6 Å². The molecule has 2 atom stereocenters. The van der Waals surface area contributed by atoms with Crippen LogP contribution in [0.3, 0.4) is 0 Å². The van der Waals surface area contributed by atoms with Crippen molar-refractivity contribution in [1.82, 2.24) is 9.78 Å². The Hall–Kier alpha value is -2.44. The highest BCUT2D eigenvalue weighted by Crippen LogP contribution is 2.34. The van der Waals surface area contributed by atoms with E-state index < -0.39 is 9.84 Å². The number of hydrogen-bond donors (Lipinski definition) is 1. The minimum atomic E-state index is -3.39. The Morgan fingerprint density at radius 2 is 1.90 bits per heavy atom. The van der Waals surface area contributed by atoms with Crippen molar-refractivity contribution in [3.8, 4) is 0 Å². The third-order valence-electron chi connectivity index (χ3n) is 5.84. The summed E-state index contributed by atoms with van der Waals surface area (Å²) in [6, 6.07) is 18.5. The highest BCUT2D eigenvalue weighted by Gasteiger charge is 2.27. The number of hydrogen-bond acceptors (Lipinski definition) is 4. The van der Waals surface area contributed by atoms with Crippen LogP contribution in [0.4, 0.5) is 0 Å². The van der Waals surface area contributed by atoms with Crippen molar-refractivity contribution in [3.63, 3.8) is 0 Å². The Bertz CT molecular complexity index is 1090. The molecule has 1 aliphatic carbocycles. The van der Waals surface area contributed by atoms with Gasteiger partial charge in [0.15, 0.2) is 14.9 Å². The van der Waals surface area contributed by atoms with Crippen LogP contribution in [0.5, 0.6) is 0 Å². The van der Waals surface area contributed by atoms with E-state index in [1.165, 1.54) is 21.4 Å². The first kappa shape index (κ1) is 19.9. The maximum atomic E-state index is 12.6. The van der Waals surface area contributed by atoms with Gasteiger partial charge in [-0.25, -0.2) is 8.42 Å². The molecule has 1 aliphatic rings. The first-order valence-electron chi connectivity index (χ1n) is 10.1. The van der Waals surface area contributed by atoms with E-state index in [9.17, 15) is 8.42 Å². The summed E-state index contributed by atoms with van der Waals surface area (Å²) in [7, 11) is -1.67. The van der Waals surface area contributed by atoms with Crippen LogP contribution in [0.2, 0.25) is 0 Å². The Morgan fingerprint density at radius 3 is 2.62 bits per heavy atom. The van der Waals surface area contributed by atoms with Gasteiger partial charge in [-0.05, 0) is 54.0 Å². The molecule has 4 rings (SSSR count). The van der Waals surface area contributed by atoms with Gasteiger partial charge < -0.3 is 5.73 Å². The van der Waals surface area contributed by atoms with E-state index in [-0.39, 0.29) is 22.7 Å². The van der Waals surface area contributed by atoms with E-state index in [4.69, 9.17) is 5.73 Å². The van der Waals surface area contributed by atoms with Gasteiger partial charge in [-0.2, -0.15) is 5.10 Å². The SMILES string of the molecule is Cn1ccc(S(=O)(=O)CCc2ccc3c(c2)C(Cc2ccccc2)C(N)CC3)n1. The van der Waals surface area contributed by atoms with Gasteiger partial charge in [0.05, 0.1) is 5.75 Å². The summed E-state index contributed by atoms with van der Waals surface area (Å²) >= 11 is 0. The predicted octanol–water partition coefficient (Wildman–Crippen LogP) is 3.04. The Morgan fingerprint density at radius 1 is 1.10 bits per heavy atom. The van der Waals surface area contributed by atoms with Gasteiger partial charge in [0.1, 0.15) is 0 Å². The zero-order valence-electron chi connectivity index (χ0n) is 16.7. The molecular weight excluding hydrogens is 382 g/mol. The smallest absolute Gasteiger partial charge is 0.197 e. The fraction of sp³-hybridized carbons (Fsp3) is 0.348. The minimum Gasteiger partial charge on any atom is -0.327 e. The van der Waals surface area contributed by atoms with E-state index >= 15 is 0 Å². The van der Waals surface area contributed by atoms with Crippen molar-refractivity contribution in [1.29, 1.82) is 0 Å². The van der Waals surface area contributed by atoms with Crippen LogP contribution in [0.25, 0.3) is 0 Å². The first-order chi connectivity index (χ1) is 13.9. The number of rotatable bonds is 6.